The van der Waals surface area contributed by atoms with E-state index in [0.29, 0.717) is 0 Å². The van der Waals surface area contributed by atoms with E-state index >= 15 is 0 Å². The maximum Gasteiger partial charge on any atom is 0.260 e. The highest BCUT2D eigenvalue weighted by Crippen LogP contribution is 2.14. The molecule has 0 aliphatic carbocycles. The Morgan fingerprint density at radius 2 is 1.57 bits per heavy atom. The van der Waals surface area contributed by atoms with E-state index in [0.717, 1.165) is 57.1 Å². The molecule has 0 atom stereocenters. The van der Waals surface area contributed by atoms with E-state index in [9.17, 15) is 4.79 Å². The van der Waals surface area contributed by atoms with Crippen LogP contribution in [-0.2, 0) is 11.2 Å². The Morgan fingerprint density at radius 3 is 2.21 bits per heavy atom. The van der Waals surface area contributed by atoms with Crippen molar-refractivity contribution in [2.75, 3.05) is 46.4 Å². The van der Waals surface area contributed by atoms with Gasteiger partial charge in [0.1, 0.15) is 11.5 Å². The van der Waals surface area contributed by atoms with E-state index in [-0.39, 0.29) is 12.5 Å². The lowest BCUT2D eigenvalue weighted by atomic mass is 10.1. The van der Waals surface area contributed by atoms with E-state index in [1.807, 2.05) is 48.2 Å². The molecule has 0 radical (unpaired) electrons. The van der Waals surface area contributed by atoms with E-state index in [2.05, 4.69) is 17.0 Å². The van der Waals surface area contributed by atoms with Gasteiger partial charge < -0.3 is 14.4 Å². The van der Waals surface area contributed by atoms with Crippen LogP contribution in [0.5, 0.6) is 11.5 Å². The van der Waals surface area contributed by atoms with Gasteiger partial charge in [-0.05, 0) is 56.1 Å². The summed E-state index contributed by atoms with van der Waals surface area (Å²) in [6, 6.07) is 16.1. The van der Waals surface area contributed by atoms with Crippen LogP contribution in [0.15, 0.2) is 48.5 Å². The number of aryl methyl sites for hydroxylation is 2. The number of carbonyl (C=O) groups excluding carboxylic acids is 1. The Morgan fingerprint density at radius 1 is 0.929 bits per heavy atom. The number of ether oxygens (including phenoxy) is 2. The van der Waals surface area contributed by atoms with Gasteiger partial charge in [-0.3, -0.25) is 9.69 Å². The molecule has 1 aliphatic rings. The lowest BCUT2D eigenvalue weighted by Crippen LogP contribution is -2.50. The molecule has 1 saturated heterocycles. The van der Waals surface area contributed by atoms with E-state index in [1.54, 1.807) is 7.11 Å². The molecule has 1 heterocycles. The second-order valence-electron chi connectivity index (χ2n) is 7.28. The van der Waals surface area contributed by atoms with Gasteiger partial charge >= 0.3 is 0 Å². The van der Waals surface area contributed by atoms with Gasteiger partial charge in [0, 0.05) is 26.2 Å². The molecule has 5 heteroatoms. The maximum atomic E-state index is 12.4. The first-order valence-electron chi connectivity index (χ1n) is 9.96. The van der Waals surface area contributed by atoms with Crippen molar-refractivity contribution in [2.45, 2.75) is 19.8 Å². The first-order valence-corrected chi connectivity index (χ1v) is 9.96. The van der Waals surface area contributed by atoms with Crippen LogP contribution in [0.25, 0.3) is 0 Å². The molecule has 0 spiro atoms. The summed E-state index contributed by atoms with van der Waals surface area (Å²) in [6.45, 7) is 6.62. The first-order chi connectivity index (χ1) is 13.6. The standard InChI is InChI=1S/C23H30N2O3/c1-19-5-9-22(10-6-19)28-18-23(26)25-16-14-24(15-17-25)13-3-4-20-7-11-21(27-2)12-8-20/h5-12H,3-4,13-18H2,1-2H3. The number of piperazine rings is 1. The fourth-order valence-corrected chi connectivity index (χ4v) is 3.39. The summed E-state index contributed by atoms with van der Waals surface area (Å²) in [4.78, 5) is 16.7. The summed E-state index contributed by atoms with van der Waals surface area (Å²) in [5.41, 5.74) is 2.52. The zero-order valence-electron chi connectivity index (χ0n) is 16.9. The van der Waals surface area contributed by atoms with Crippen LogP contribution in [0.1, 0.15) is 17.5 Å². The minimum Gasteiger partial charge on any atom is -0.497 e. The van der Waals surface area contributed by atoms with Gasteiger partial charge in [-0.25, -0.2) is 0 Å². The number of hydrogen-bond acceptors (Lipinski definition) is 4. The fourth-order valence-electron chi connectivity index (χ4n) is 3.39. The number of nitrogens with zero attached hydrogens (tertiary/aromatic N) is 2. The zero-order valence-corrected chi connectivity index (χ0v) is 16.9. The van der Waals surface area contributed by atoms with Gasteiger partial charge in [0.2, 0.25) is 0 Å². The number of rotatable bonds is 8. The lowest BCUT2D eigenvalue weighted by molar-refractivity contribution is -0.135. The normalized spacial score (nSPS) is 14.7. The highest BCUT2D eigenvalue weighted by atomic mass is 16.5. The molecule has 0 bridgehead atoms. The Kier molecular flexibility index (Phi) is 7.31. The highest BCUT2D eigenvalue weighted by molar-refractivity contribution is 5.77. The van der Waals surface area contributed by atoms with E-state index in [1.165, 1.54) is 11.1 Å². The number of hydrogen-bond donors (Lipinski definition) is 0. The van der Waals surface area contributed by atoms with Crippen LogP contribution >= 0.6 is 0 Å². The van der Waals surface area contributed by atoms with Crippen molar-refractivity contribution < 1.29 is 14.3 Å². The van der Waals surface area contributed by atoms with Crippen molar-refractivity contribution in [3.05, 3.63) is 59.7 Å². The number of benzene rings is 2. The zero-order chi connectivity index (χ0) is 19.8. The predicted molar refractivity (Wildman–Crippen MR) is 111 cm³/mol. The number of carbonyl (C=O) groups is 1. The van der Waals surface area contributed by atoms with Gasteiger partial charge in [0.05, 0.1) is 7.11 Å². The number of amides is 1. The molecular formula is C23H30N2O3. The molecule has 1 amide bonds. The minimum atomic E-state index is 0.0680. The van der Waals surface area contributed by atoms with Gasteiger partial charge in [0.15, 0.2) is 6.61 Å². The molecule has 150 valence electrons. The summed E-state index contributed by atoms with van der Waals surface area (Å²) in [7, 11) is 1.69. The molecule has 28 heavy (non-hydrogen) atoms. The van der Waals surface area contributed by atoms with E-state index < -0.39 is 0 Å². The van der Waals surface area contributed by atoms with Crippen molar-refractivity contribution in [3.8, 4) is 11.5 Å². The van der Waals surface area contributed by atoms with Crippen LogP contribution in [0, 0.1) is 6.92 Å². The third-order valence-corrected chi connectivity index (χ3v) is 5.21. The minimum absolute atomic E-state index is 0.0680. The van der Waals surface area contributed by atoms with Gasteiger partial charge in [0.25, 0.3) is 5.91 Å². The lowest BCUT2D eigenvalue weighted by Gasteiger charge is -2.34. The van der Waals surface area contributed by atoms with Crippen molar-refractivity contribution in [3.63, 3.8) is 0 Å². The van der Waals surface area contributed by atoms with Crippen molar-refractivity contribution >= 4 is 5.91 Å². The third kappa shape index (κ3) is 5.99. The first kappa shape index (κ1) is 20.2. The number of methoxy groups -OCH3 is 1. The van der Waals surface area contributed by atoms with Crippen LogP contribution in [0.2, 0.25) is 0 Å². The quantitative estimate of drug-likeness (QED) is 0.703. The van der Waals surface area contributed by atoms with Crippen LogP contribution in [0.4, 0.5) is 0 Å². The summed E-state index contributed by atoms with van der Waals surface area (Å²) < 4.78 is 10.8. The average molecular weight is 383 g/mol. The fraction of sp³-hybridized carbons (Fsp3) is 0.435. The van der Waals surface area contributed by atoms with Crippen LogP contribution in [-0.4, -0.2) is 62.1 Å². The van der Waals surface area contributed by atoms with Crippen LogP contribution < -0.4 is 9.47 Å². The largest absolute Gasteiger partial charge is 0.497 e. The topological polar surface area (TPSA) is 42.0 Å². The molecule has 3 rings (SSSR count). The second-order valence-corrected chi connectivity index (χ2v) is 7.28. The predicted octanol–water partition coefficient (Wildman–Crippen LogP) is 3.16. The highest BCUT2D eigenvalue weighted by Gasteiger charge is 2.21. The summed E-state index contributed by atoms with van der Waals surface area (Å²) in [6.07, 6.45) is 2.18. The van der Waals surface area contributed by atoms with Crippen LogP contribution in [0.3, 0.4) is 0 Å². The molecule has 0 aromatic heterocycles. The second kappa shape index (κ2) is 10.1. The molecule has 0 N–H and O–H groups in total. The van der Waals surface area contributed by atoms with Crippen molar-refractivity contribution in [1.29, 1.82) is 0 Å². The van der Waals surface area contributed by atoms with Gasteiger partial charge in [-0.15, -0.1) is 0 Å². The molecular weight excluding hydrogens is 352 g/mol. The van der Waals surface area contributed by atoms with Crippen molar-refractivity contribution in [1.82, 2.24) is 9.80 Å². The molecule has 2 aromatic carbocycles. The molecule has 0 saturated carbocycles. The molecule has 1 fully saturated rings. The summed E-state index contributed by atoms with van der Waals surface area (Å²) in [5, 5.41) is 0. The SMILES string of the molecule is COc1ccc(CCCN2CCN(C(=O)COc3ccc(C)cc3)CC2)cc1. The third-order valence-electron chi connectivity index (χ3n) is 5.21. The van der Waals surface area contributed by atoms with Crippen molar-refractivity contribution in [2.24, 2.45) is 0 Å². The molecule has 1 aliphatic heterocycles. The van der Waals surface area contributed by atoms with E-state index in [4.69, 9.17) is 9.47 Å². The Labute approximate surface area is 167 Å². The molecule has 5 nitrogen and oxygen atoms in total. The monoisotopic (exact) mass is 382 g/mol. The maximum absolute atomic E-state index is 12.4. The Hall–Kier alpha value is -2.53. The average Bonchev–Trinajstić information content (AvgIpc) is 2.74. The Bertz CT molecular complexity index is 735. The van der Waals surface area contributed by atoms with Gasteiger partial charge in [-0.2, -0.15) is 0 Å². The molecule has 0 unspecified atom stereocenters. The summed E-state index contributed by atoms with van der Waals surface area (Å²) in [5.74, 6) is 1.71. The molecule has 2 aromatic rings. The van der Waals surface area contributed by atoms with Gasteiger partial charge in [-0.1, -0.05) is 29.8 Å². The summed E-state index contributed by atoms with van der Waals surface area (Å²) >= 11 is 0. The smallest absolute Gasteiger partial charge is 0.260 e. The Balaban J connectivity index is 1.33.